The number of anilines is 3. The molecule has 172 valence electrons. The van der Waals surface area contributed by atoms with Gasteiger partial charge in [0, 0.05) is 60.2 Å². The first kappa shape index (κ1) is 11.7. The number of carbonyl (C=O) groups excluding carboxylic acids is 1. The van der Waals surface area contributed by atoms with Crippen molar-refractivity contribution in [1.29, 1.82) is 0 Å². The lowest BCUT2D eigenvalue weighted by molar-refractivity contribution is 0.101. The summed E-state index contributed by atoms with van der Waals surface area (Å²) in [5.41, 5.74) is -1.42. The Kier molecular flexibility index (Phi) is 3.15. The number of carbonyl (C=O) groups is 1. The average molecular weight is 460 g/mol. The Morgan fingerprint density at radius 3 is 2.61 bits per heavy atom. The fourth-order valence-electron chi connectivity index (χ4n) is 3.75. The van der Waals surface area contributed by atoms with Gasteiger partial charge in [-0.15, -0.1) is 0 Å². The molecule has 0 amide bonds. The van der Waals surface area contributed by atoms with Gasteiger partial charge in [-0.25, -0.2) is 9.97 Å². The van der Waals surface area contributed by atoms with Crippen molar-refractivity contribution in [2.45, 2.75) is 45.4 Å². The van der Waals surface area contributed by atoms with Crippen LogP contribution in [-0.2, 0) is 0 Å². The van der Waals surface area contributed by atoms with Crippen molar-refractivity contribution in [3.05, 3.63) is 46.0 Å². The number of hydrogen-bond donors (Lipinski definition) is 2. The Labute approximate surface area is 209 Å². The minimum absolute atomic E-state index is 0.0514. The summed E-state index contributed by atoms with van der Waals surface area (Å²) < 4.78 is 99.2. The molecule has 0 spiro atoms. The quantitative estimate of drug-likeness (QED) is 0.561. The van der Waals surface area contributed by atoms with Gasteiger partial charge in [-0.1, -0.05) is 12.7 Å². The lowest BCUT2D eigenvalue weighted by atomic mass is 10.0. The Hall–Kier alpha value is -3.33. The third-order valence-electron chi connectivity index (χ3n) is 5.37. The molecule has 3 aromatic rings. The van der Waals surface area contributed by atoms with Gasteiger partial charge >= 0.3 is 0 Å². The molecule has 0 aromatic carbocycles. The molecule has 4 heterocycles. The predicted octanol–water partition coefficient (Wildman–Crippen LogP) is 2.97. The maximum Gasteiger partial charge on any atom is 0.263 e. The first-order valence-corrected chi connectivity index (χ1v) is 10.2. The van der Waals surface area contributed by atoms with Crippen LogP contribution in [0.15, 0.2) is 29.3 Å². The molecule has 2 aliphatic rings. The van der Waals surface area contributed by atoms with Crippen LogP contribution < -0.4 is 21.1 Å². The van der Waals surface area contributed by atoms with Crippen molar-refractivity contribution in [2.24, 2.45) is 0 Å². The van der Waals surface area contributed by atoms with E-state index >= 15 is 0 Å². The van der Waals surface area contributed by atoms with E-state index in [0.29, 0.717) is 10.3 Å². The average Bonchev–Trinajstić information content (AvgIpc) is 2.95. The monoisotopic (exact) mass is 459 g/mol. The molecule has 1 saturated carbocycles. The SMILES string of the molecule is [2H]C1([2H])CN(c2ccc(Nc3ncc4c(C)c(C(C)=O)c(=O)n(C5C([2H])([2H])C([2H])([2H])C([2H])([2H])C5([2H])[2H])c4n3)nc2)CC([2H])([2H])N1. The number of aryl methyl sites for hydroxylation is 1. The van der Waals surface area contributed by atoms with Gasteiger partial charge in [-0.2, -0.15) is 4.98 Å². The zero-order chi connectivity index (χ0) is 33.7. The van der Waals surface area contributed by atoms with Crippen LogP contribution in [0.1, 0.15) is 70.8 Å². The van der Waals surface area contributed by atoms with Crippen molar-refractivity contribution in [3.63, 3.8) is 0 Å². The fraction of sp³-hybridized carbons (Fsp3) is 0.458. The van der Waals surface area contributed by atoms with Crippen LogP contribution in [0.2, 0.25) is 0 Å². The maximum atomic E-state index is 13.8. The maximum absolute atomic E-state index is 13.8. The molecular weight excluding hydrogens is 418 g/mol. The fourth-order valence-corrected chi connectivity index (χ4v) is 3.75. The normalized spacial score (nSPS) is 31.5. The molecule has 9 nitrogen and oxygen atoms in total. The van der Waals surface area contributed by atoms with Gasteiger partial charge in [0.1, 0.15) is 11.5 Å². The van der Waals surface area contributed by atoms with Crippen LogP contribution in [0.3, 0.4) is 0 Å². The molecule has 0 atom stereocenters. The number of ketones is 1. The van der Waals surface area contributed by atoms with E-state index in [1.165, 1.54) is 30.3 Å². The van der Waals surface area contributed by atoms with Gasteiger partial charge in [0.2, 0.25) is 5.95 Å². The van der Waals surface area contributed by atoms with Crippen molar-refractivity contribution in [1.82, 2.24) is 24.8 Å². The second kappa shape index (κ2) is 8.90. The molecule has 33 heavy (non-hydrogen) atoms. The third-order valence-corrected chi connectivity index (χ3v) is 5.37. The van der Waals surface area contributed by atoms with Crippen LogP contribution in [0.5, 0.6) is 0 Å². The zero-order valence-electron chi connectivity index (χ0n) is 29.9. The lowest BCUT2D eigenvalue weighted by Gasteiger charge is -2.29. The minimum atomic E-state index is -3.40. The Morgan fingerprint density at radius 2 is 1.94 bits per heavy atom. The molecule has 9 heteroatoms. The summed E-state index contributed by atoms with van der Waals surface area (Å²) in [6, 6.07) is 0.647. The number of rotatable bonds is 5. The lowest BCUT2D eigenvalue weighted by Crippen LogP contribution is -2.43. The molecule has 5 rings (SSSR count). The highest BCUT2D eigenvalue weighted by Crippen LogP contribution is 2.32. The second-order valence-corrected chi connectivity index (χ2v) is 7.46. The van der Waals surface area contributed by atoms with Crippen molar-refractivity contribution in [2.75, 3.05) is 36.3 Å². The van der Waals surface area contributed by atoms with E-state index in [4.69, 9.17) is 16.4 Å². The third kappa shape index (κ3) is 4.08. The van der Waals surface area contributed by atoms with E-state index in [0.717, 1.165) is 6.92 Å². The number of fused-ring (bicyclic) bond motifs is 1. The molecule has 0 radical (unpaired) electrons. The number of nitrogens with zero attached hydrogens (tertiary/aromatic N) is 5. The van der Waals surface area contributed by atoms with E-state index < -0.39 is 61.4 Å². The Balaban J connectivity index is 1.61. The van der Waals surface area contributed by atoms with E-state index in [1.54, 1.807) is 6.07 Å². The number of Topliss-reactive ketones (excluding diaryl/α,β-unsaturated/α-hetero) is 1. The van der Waals surface area contributed by atoms with Gasteiger partial charge in [-0.3, -0.25) is 14.2 Å². The van der Waals surface area contributed by atoms with Crippen molar-refractivity contribution < 1.29 is 21.2 Å². The molecule has 0 bridgehead atoms. The first-order valence-electron chi connectivity index (χ1n) is 16.2. The summed E-state index contributed by atoms with van der Waals surface area (Å²) in [6.07, 6.45) is -10.8. The highest BCUT2D eigenvalue weighted by Gasteiger charge is 2.25. The number of pyridine rings is 2. The molecule has 2 N–H and O–H groups in total. The van der Waals surface area contributed by atoms with E-state index in [9.17, 15) is 9.59 Å². The van der Waals surface area contributed by atoms with E-state index in [-0.39, 0.29) is 41.5 Å². The number of aromatic nitrogens is 4. The largest absolute Gasteiger partial charge is 0.368 e. The summed E-state index contributed by atoms with van der Waals surface area (Å²) in [6.45, 7) is -1.78. The minimum Gasteiger partial charge on any atom is -0.368 e. The summed E-state index contributed by atoms with van der Waals surface area (Å²) in [5.74, 6) is -0.773. The highest BCUT2D eigenvalue weighted by atomic mass is 16.1. The number of hydrogen-bond acceptors (Lipinski definition) is 8. The van der Waals surface area contributed by atoms with Gasteiger partial charge < -0.3 is 15.5 Å². The van der Waals surface area contributed by atoms with Crippen LogP contribution in [0, 0.1) is 6.92 Å². The summed E-state index contributed by atoms with van der Waals surface area (Å²) in [5, 5.41) is 5.14. The summed E-state index contributed by atoms with van der Waals surface area (Å²) in [4.78, 5) is 40.6. The van der Waals surface area contributed by atoms with Gasteiger partial charge in [0.05, 0.1) is 17.4 Å². The molecular formula is C24H29N7O2. The molecule has 2 fully saturated rings. The highest BCUT2D eigenvalue weighted by molar-refractivity contribution is 5.99. The molecule has 1 aliphatic carbocycles. The number of nitrogens with one attached hydrogen (secondary N) is 2. The second-order valence-electron chi connectivity index (χ2n) is 7.46. The van der Waals surface area contributed by atoms with E-state index in [2.05, 4.69) is 25.6 Å². The number of piperazine rings is 1. The zero-order valence-corrected chi connectivity index (χ0v) is 17.9. The molecule has 1 aliphatic heterocycles. The topological polar surface area (TPSA) is 105 Å². The summed E-state index contributed by atoms with van der Waals surface area (Å²) in [7, 11) is 0. The van der Waals surface area contributed by atoms with E-state index in [1.807, 2.05) is 0 Å². The first-order chi connectivity index (χ1) is 20.4. The molecule has 0 unspecified atom stereocenters. The van der Waals surface area contributed by atoms with Crippen molar-refractivity contribution >= 4 is 34.3 Å². The summed E-state index contributed by atoms with van der Waals surface area (Å²) >= 11 is 0. The van der Waals surface area contributed by atoms with Crippen LogP contribution in [0.4, 0.5) is 17.5 Å². The van der Waals surface area contributed by atoms with Crippen LogP contribution in [0.25, 0.3) is 11.0 Å². The van der Waals surface area contributed by atoms with Gasteiger partial charge in [0.15, 0.2) is 5.78 Å². The van der Waals surface area contributed by atoms with Crippen LogP contribution >= 0.6 is 0 Å². The smallest absolute Gasteiger partial charge is 0.263 e. The van der Waals surface area contributed by atoms with Crippen molar-refractivity contribution in [3.8, 4) is 0 Å². The standard InChI is InChI=1S/C24H29N7O2/c1-15-19-14-27-24(28-20-8-7-18(13-26-20)30-11-9-25-10-12-30)29-22(19)31(17-5-3-4-6-17)23(33)21(15)16(2)32/h7-8,13-14,17,25H,3-6,9-12H2,1-2H3,(H,26,27,28,29)/i3D2,4D2,5D2,6D2,9D2,10D2. The molecule has 1 saturated heterocycles. The predicted molar refractivity (Wildman–Crippen MR) is 129 cm³/mol. The van der Waals surface area contributed by atoms with Gasteiger partial charge in [-0.05, 0) is 44.3 Å². The van der Waals surface area contributed by atoms with Crippen LogP contribution in [-0.4, -0.2) is 51.4 Å². The Morgan fingerprint density at radius 1 is 1.18 bits per heavy atom. The Bertz CT molecular complexity index is 1720. The molecule has 3 aromatic heterocycles. The van der Waals surface area contributed by atoms with Gasteiger partial charge in [0.25, 0.3) is 5.56 Å².